The summed E-state index contributed by atoms with van der Waals surface area (Å²) in [6.07, 6.45) is 0. The fourth-order valence-electron chi connectivity index (χ4n) is 1.77. The number of hydrogen-bond donors (Lipinski definition) is 1. The van der Waals surface area contributed by atoms with Gasteiger partial charge in [0.1, 0.15) is 4.21 Å². The van der Waals surface area contributed by atoms with Crippen molar-refractivity contribution < 1.29 is 13.2 Å². The third-order valence-corrected chi connectivity index (χ3v) is 7.48. The van der Waals surface area contributed by atoms with Gasteiger partial charge in [0.15, 0.2) is 0 Å². The second-order valence-corrected chi connectivity index (χ2v) is 9.59. The topological polar surface area (TPSA) is 66.5 Å². The molecule has 0 spiro atoms. The summed E-state index contributed by atoms with van der Waals surface area (Å²) in [7, 11) is -2.32. The molecule has 1 atom stereocenters. The summed E-state index contributed by atoms with van der Waals surface area (Å²) in [6, 6.07) is 6.63. The summed E-state index contributed by atoms with van der Waals surface area (Å²) >= 11 is 8.27. The van der Waals surface area contributed by atoms with Gasteiger partial charge >= 0.3 is 0 Å². The van der Waals surface area contributed by atoms with Crippen LogP contribution in [-0.2, 0) is 14.8 Å². The quantitative estimate of drug-likeness (QED) is 0.840. The summed E-state index contributed by atoms with van der Waals surface area (Å²) in [5.74, 6) is -0.352. The lowest BCUT2D eigenvalue weighted by Gasteiger charge is -2.18. The molecule has 2 rings (SSSR count). The lowest BCUT2D eigenvalue weighted by molar-refractivity contribution is -0.121. The van der Waals surface area contributed by atoms with E-state index in [-0.39, 0.29) is 22.7 Å². The van der Waals surface area contributed by atoms with Gasteiger partial charge in [-0.3, -0.25) is 4.79 Å². The molecular weight excluding hydrogens is 364 g/mol. The van der Waals surface area contributed by atoms with E-state index >= 15 is 0 Å². The van der Waals surface area contributed by atoms with Gasteiger partial charge < -0.3 is 5.32 Å². The number of nitrogens with one attached hydrogen (secondary N) is 1. The minimum absolute atomic E-state index is 0.124. The molecule has 0 unspecified atom stereocenters. The SMILES string of the molecule is C[C@H](NC(=O)CN(C)S(=O)(=O)c1ccc(Cl)s1)c1cccs1. The van der Waals surface area contributed by atoms with Gasteiger partial charge in [0.2, 0.25) is 5.91 Å². The molecule has 2 aromatic rings. The molecule has 5 nitrogen and oxygen atoms in total. The molecule has 0 aliphatic carbocycles. The number of carbonyl (C=O) groups excluding carboxylic acids is 1. The van der Waals surface area contributed by atoms with Crippen molar-refractivity contribution in [3.8, 4) is 0 Å². The maximum absolute atomic E-state index is 12.3. The normalized spacial score (nSPS) is 13.3. The third kappa shape index (κ3) is 4.08. The van der Waals surface area contributed by atoms with Crippen LogP contribution in [0.1, 0.15) is 17.8 Å². The molecule has 0 saturated heterocycles. The largest absolute Gasteiger partial charge is 0.348 e. The monoisotopic (exact) mass is 378 g/mol. The molecule has 0 aromatic carbocycles. The number of carbonyl (C=O) groups is 1. The van der Waals surface area contributed by atoms with Crippen molar-refractivity contribution in [3.05, 3.63) is 38.9 Å². The van der Waals surface area contributed by atoms with E-state index in [2.05, 4.69) is 5.32 Å². The molecule has 0 fully saturated rings. The Balaban J connectivity index is 1.99. The van der Waals surface area contributed by atoms with Crippen LogP contribution in [0.15, 0.2) is 33.9 Å². The van der Waals surface area contributed by atoms with Crippen molar-refractivity contribution in [3.63, 3.8) is 0 Å². The molecule has 2 aromatic heterocycles. The van der Waals surface area contributed by atoms with Crippen molar-refractivity contribution in [2.45, 2.75) is 17.2 Å². The Morgan fingerprint density at radius 2 is 2.14 bits per heavy atom. The number of thiophene rings is 2. The fourth-order valence-corrected chi connectivity index (χ4v) is 5.33. The molecule has 120 valence electrons. The maximum atomic E-state index is 12.3. The van der Waals surface area contributed by atoms with Gasteiger partial charge in [-0.25, -0.2) is 8.42 Å². The Morgan fingerprint density at radius 1 is 1.41 bits per heavy atom. The average Bonchev–Trinajstić information content (AvgIpc) is 3.09. The minimum Gasteiger partial charge on any atom is -0.348 e. The Morgan fingerprint density at radius 3 is 2.68 bits per heavy atom. The van der Waals surface area contributed by atoms with E-state index in [1.165, 1.54) is 30.5 Å². The van der Waals surface area contributed by atoms with Gasteiger partial charge in [-0.2, -0.15) is 4.31 Å². The maximum Gasteiger partial charge on any atom is 0.252 e. The fraction of sp³-hybridized carbons (Fsp3) is 0.308. The van der Waals surface area contributed by atoms with Crippen LogP contribution in [0.25, 0.3) is 0 Å². The van der Waals surface area contributed by atoms with E-state index < -0.39 is 10.0 Å². The number of likely N-dealkylation sites (N-methyl/N-ethyl adjacent to an activating group) is 1. The minimum atomic E-state index is -3.69. The van der Waals surface area contributed by atoms with Crippen molar-refractivity contribution >= 4 is 50.2 Å². The average molecular weight is 379 g/mol. The van der Waals surface area contributed by atoms with Crippen LogP contribution in [0.3, 0.4) is 0 Å². The number of halogens is 1. The van der Waals surface area contributed by atoms with Gasteiger partial charge in [-0.15, -0.1) is 22.7 Å². The highest BCUT2D eigenvalue weighted by Crippen LogP contribution is 2.27. The Kier molecular flexibility index (Phi) is 5.62. The van der Waals surface area contributed by atoms with Crippen LogP contribution in [0.4, 0.5) is 0 Å². The second kappa shape index (κ2) is 7.10. The van der Waals surface area contributed by atoms with Crippen LogP contribution in [0.5, 0.6) is 0 Å². The van der Waals surface area contributed by atoms with Gasteiger partial charge in [-0.05, 0) is 30.5 Å². The predicted octanol–water partition coefficient (Wildman–Crippen LogP) is 2.96. The summed E-state index contributed by atoms with van der Waals surface area (Å²) in [6.45, 7) is 1.62. The number of amides is 1. The standard InChI is InChI=1S/C13H15ClN2O3S3/c1-9(10-4-3-7-20-10)15-12(17)8-16(2)22(18,19)13-6-5-11(14)21-13/h3-7,9H,8H2,1-2H3,(H,15,17)/t9-/m0/s1. The van der Waals surface area contributed by atoms with Crippen molar-refractivity contribution in [2.24, 2.45) is 0 Å². The van der Waals surface area contributed by atoms with E-state index in [1.807, 2.05) is 24.4 Å². The van der Waals surface area contributed by atoms with E-state index in [4.69, 9.17) is 11.6 Å². The zero-order valence-corrected chi connectivity index (χ0v) is 15.2. The van der Waals surface area contributed by atoms with Gasteiger partial charge in [-0.1, -0.05) is 17.7 Å². The molecule has 0 saturated carbocycles. The summed E-state index contributed by atoms with van der Waals surface area (Å²) in [4.78, 5) is 13.0. The first-order chi connectivity index (χ1) is 10.3. The molecule has 2 heterocycles. The number of rotatable bonds is 6. The molecular formula is C13H15ClN2O3S3. The van der Waals surface area contributed by atoms with Gasteiger partial charge in [0.05, 0.1) is 16.9 Å². The predicted molar refractivity (Wildman–Crippen MR) is 90.0 cm³/mol. The lowest BCUT2D eigenvalue weighted by Crippen LogP contribution is -2.38. The first kappa shape index (κ1) is 17.4. The Hall–Kier alpha value is -0.930. The van der Waals surface area contributed by atoms with Gasteiger partial charge in [0.25, 0.3) is 10.0 Å². The molecule has 0 aliphatic heterocycles. The number of nitrogens with zero attached hydrogens (tertiary/aromatic N) is 1. The van der Waals surface area contributed by atoms with Crippen LogP contribution in [-0.4, -0.2) is 32.2 Å². The van der Waals surface area contributed by atoms with Crippen molar-refractivity contribution in [1.82, 2.24) is 9.62 Å². The van der Waals surface area contributed by atoms with Gasteiger partial charge in [0, 0.05) is 11.9 Å². The molecule has 9 heteroatoms. The van der Waals surface area contributed by atoms with Crippen molar-refractivity contribution in [2.75, 3.05) is 13.6 Å². The van der Waals surface area contributed by atoms with Crippen molar-refractivity contribution in [1.29, 1.82) is 0 Å². The first-order valence-corrected chi connectivity index (χ1v) is 9.86. The summed E-state index contributed by atoms with van der Waals surface area (Å²) in [5.41, 5.74) is 0. The Bertz CT molecular complexity index is 740. The highest BCUT2D eigenvalue weighted by molar-refractivity contribution is 7.91. The molecule has 0 aliphatic rings. The number of sulfonamides is 1. The second-order valence-electron chi connectivity index (χ2n) is 4.62. The van der Waals surface area contributed by atoms with Crippen LogP contribution >= 0.6 is 34.3 Å². The molecule has 0 bridgehead atoms. The van der Waals surface area contributed by atoms with Crippen LogP contribution < -0.4 is 5.32 Å². The third-order valence-electron chi connectivity index (χ3n) is 2.93. The van der Waals surface area contributed by atoms with Crippen LogP contribution in [0.2, 0.25) is 4.34 Å². The lowest BCUT2D eigenvalue weighted by atomic mass is 10.3. The first-order valence-electron chi connectivity index (χ1n) is 6.35. The smallest absolute Gasteiger partial charge is 0.252 e. The highest BCUT2D eigenvalue weighted by Gasteiger charge is 2.25. The zero-order valence-electron chi connectivity index (χ0n) is 11.9. The Labute approximate surface area is 142 Å². The number of hydrogen-bond acceptors (Lipinski definition) is 5. The molecule has 0 radical (unpaired) electrons. The van der Waals surface area contributed by atoms with E-state index in [0.29, 0.717) is 4.34 Å². The molecule has 1 amide bonds. The van der Waals surface area contributed by atoms with Crippen LogP contribution in [0, 0.1) is 0 Å². The molecule has 1 N–H and O–H groups in total. The summed E-state index contributed by atoms with van der Waals surface area (Å²) < 4.78 is 26.1. The summed E-state index contributed by atoms with van der Waals surface area (Å²) in [5, 5.41) is 4.71. The van der Waals surface area contributed by atoms with E-state index in [0.717, 1.165) is 20.5 Å². The highest BCUT2D eigenvalue weighted by atomic mass is 35.5. The van der Waals surface area contributed by atoms with E-state index in [9.17, 15) is 13.2 Å². The zero-order chi connectivity index (χ0) is 16.3. The van der Waals surface area contributed by atoms with E-state index in [1.54, 1.807) is 0 Å². The molecule has 22 heavy (non-hydrogen) atoms.